The summed E-state index contributed by atoms with van der Waals surface area (Å²) in [7, 11) is 0. The Hall–Kier alpha value is -1.88. The highest BCUT2D eigenvalue weighted by molar-refractivity contribution is 5.93. The highest BCUT2D eigenvalue weighted by Gasteiger charge is 2.17. The quantitative estimate of drug-likeness (QED) is 0.762. The molecule has 110 valence electrons. The zero-order valence-corrected chi connectivity index (χ0v) is 11.8. The average Bonchev–Trinajstić information content (AvgIpc) is 2.44. The van der Waals surface area contributed by atoms with Gasteiger partial charge in [-0.05, 0) is 25.0 Å². The molecule has 0 fully saturated rings. The van der Waals surface area contributed by atoms with Crippen molar-refractivity contribution >= 4 is 17.6 Å². The maximum Gasteiger partial charge on any atom is 0.303 e. The van der Waals surface area contributed by atoms with E-state index in [4.69, 9.17) is 10.8 Å². The smallest absolute Gasteiger partial charge is 0.303 e. The van der Waals surface area contributed by atoms with Crippen LogP contribution in [0.3, 0.4) is 0 Å². The van der Waals surface area contributed by atoms with E-state index >= 15 is 0 Å². The lowest BCUT2D eigenvalue weighted by Gasteiger charge is -2.24. The Morgan fingerprint density at radius 2 is 1.95 bits per heavy atom. The third kappa shape index (κ3) is 5.40. The number of para-hydroxylation sites is 1. The molecule has 3 N–H and O–H groups in total. The number of hydrogen-bond donors (Lipinski definition) is 2. The molecule has 0 heterocycles. The normalized spacial score (nSPS) is 11.9. The lowest BCUT2D eigenvalue weighted by atomic mass is 10.1. The third-order valence-corrected chi connectivity index (χ3v) is 3.10. The number of amides is 1. The van der Waals surface area contributed by atoms with Crippen molar-refractivity contribution in [1.29, 1.82) is 0 Å². The number of carbonyl (C=O) groups is 2. The molecule has 0 aliphatic heterocycles. The third-order valence-electron chi connectivity index (χ3n) is 3.10. The number of nitrogens with zero attached hydrogens (tertiary/aromatic N) is 1. The van der Waals surface area contributed by atoms with Crippen LogP contribution in [0.1, 0.15) is 32.6 Å². The Labute approximate surface area is 119 Å². The molecule has 1 atom stereocenters. The highest BCUT2D eigenvalue weighted by atomic mass is 16.4. The van der Waals surface area contributed by atoms with Crippen molar-refractivity contribution in [2.24, 2.45) is 5.73 Å². The molecule has 5 heteroatoms. The minimum atomic E-state index is -0.851. The van der Waals surface area contributed by atoms with Crippen LogP contribution in [-0.2, 0) is 9.59 Å². The lowest BCUT2D eigenvalue weighted by Crippen LogP contribution is -2.36. The molecule has 0 aromatic heterocycles. The molecule has 0 radical (unpaired) electrons. The Balaban J connectivity index is 2.73. The molecule has 1 amide bonds. The van der Waals surface area contributed by atoms with Crippen molar-refractivity contribution in [3.8, 4) is 0 Å². The Bertz CT molecular complexity index is 434. The molecule has 20 heavy (non-hydrogen) atoms. The van der Waals surface area contributed by atoms with Gasteiger partial charge in [0.25, 0.3) is 0 Å². The van der Waals surface area contributed by atoms with Crippen LogP contribution in [0.4, 0.5) is 5.69 Å². The number of carboxylic acid groups (broad SMARTS) is 1. The summed E-state index contributed by atoms with van der Waals surface area (Å²) in [6.07, 6.45) is 1.50. The van der Waals surface area contributed by atoms with Gasteiger partial charge < -0.3 is 15.7 Å². The molecule has 0 aliphatic rings. The SMILES string of the molecule is CCC(N)CC(=O)N(CCCC(=O)O)c1ccccc1. The van der Waals surface area contributed by atoms with E-state index in [0.717, 1.165) is 12.1 Å². The minimum absolute atomic E-state index is 0.0520. The van der Waals surface area contributed by atoms with Crippen LogP contribution < -0.4 is 10.6 Å². The van der Waals surface area contributed by atoms with Crippen LogP contribution in [0.5, 0.6) is 0 Å². The molecule has 5 nitrogen and oxygen atoms in total. The second kappa shape index (κ2) is 8.32. The van der Waals surface area contributed by atoms with Crippen molar-refractivity contribution in [3.63, 3.8) is 0 Å². The van der Waals surface area contributed by atoms with Gasteiger partial charge in [-0.1, -0.05) is 25.1 Å². The second-order valence-corrected chi connectivity index (χ2v) is 4.75. The molecule has 0 saturated carbocycles. The maximum atomic E-state index is 12.3. The minimum Gasteiger partial charge on any atom is -0.481 e. The van der Waals surface area contributed by atoms with Gasteiger partial charge in [0.05, 0.1) is 0 Å². The van der Waals surface area contributed by atoms with E-state index in [0.29, 0.717) is 13.0 Å². The summed E-state index contributed by atoms with van der Waals surface area (Å²) in [6.45, 7) is 2.33. The summed E-state index contributed by atoms with van der Waals surface area (Å²) in [5.41, 5.74) is 6.61. The number of hydrogen-bond acceptors (Lipinski definition) is 3. The first-order chi connectivity index (χ1) is 9.54. The van der Waals surface area contributed by atoms with Gasteiger partial charge in [-0.3, -0.25) is 9.59 Å². The number of anilines is 1. The van der Waals surface area contributed by atoms with Gasteiger partial charge in [-0.15, -0.1) is 0 Å². The summed E-state index contributed by atoms with van der Waals surface area (Å²) in [4.78, 5) is 24.5. The summed E-state index contributed by atoms with van der Waals surface area (Å²) < 4.78 is 0. The first kappa shape index (κ1) is 16.2. The zero-order chi connectivity index (χ0) is 15.0. The van der Waals surface area contributed by atoms with Crippen LogP contribution in [0.25, 0.3) is 0 Å². The number of aliphatic carboxylic acids is 1. The molecule has 1 unspecified atom stereocenters. The van der Waals surface area contributed by atoms with Crippen LogP contribution >= 0.6 is 0 Å². The van der Waals surface area contributed by atoms with E-state index in [1.807, 2.05) is 37.3 Å². The molecular weight excluding hydrogens is 256 g/mol. The first-order valence-electron chi connectivity index (χ1n) is 6.87. The number of benzene rings is 1. The molecular formula is C15H22N2O3. The van der Waals surface area contributed by atoms with Gasteiger partial charge in [0.2, 0.25) is 5.91 Å². The van der Waals surface area contributed by atoms with E-state index < -0.39 is 5.97 Å². The summed E-state index contributed by atoms with van der Waals surface area (Å²) >= 11 is 0. The fraction of sp³-hybridized carbons (Fsp3) is 0.467. The largest absolute Gasteiger partial charge is 0.481 e. The van der Waals surface area contributed by atoms with E-state index in [9.17, 15) is 9.59 Å². The molecule has 0 bridgehead atoms. The molecule has 1 aromatic carbocycles. The van der Waals surface area contributed by atoms with Crippen LogP contribution in [0.2, 0.25) is 0 Å². The number of rotatable bonds is 8. The Morgan fingerprint density at radius 3 is 2.50 bits per heavy atom. The van der Waals surface area contributed by atoms with Gasteiger partial charge in [0.1, 0.15) is 0 Å². The Kier molecular flexibility index (Phi) is 6.73. The maximum absolute atomic E-state index is 12.3. The number of carboxylic acids is 1. The number of carbonyl (C=O) groups excluding carboxylic acids is 1. The van der Waals surface area contributed by atoms with E-state index in [1.165, 1.54) is 0 Å². The fourth-order valence-electron chi connectivity index (χ4n) is 1.87. The molecule has 0 spiro atoms. The highest BCUT2D eigenvalue weighted by Crippen LogP contribution is 2.16. The van der Waals surface area contributed by atoms with E-state index in [1.54, 1.807) is 4.90 Å². The van der Waals surface area contributed by atoms with Crippen LogP contribution in [-0.4, -0.2) is 29.6 Å². The Morgan fingerprint density at radius 1 is 1.30 bits per heavy atom. The van der Waals surface area contributed by atoms with Gasteiger partial charge in [0.15, 0.2) is 0 Å². The van der Waals surface area contributed by atoms with Gasteiger partial charge in [-0.25, -0.2) is 0 Å². The van der Waals surface area contributed by atoms with Crippen LogP contribution in [0, 0.1) is 0 Å². The lowest BCUT2D eigenvalue weighted by molar-refractivity contribution is -0.137. The van der Waals surface area contributed by atoms with Crippen molar-refractivity contribution in [3.05, 3.63) is 30.3 Å². The predicted octanol–water partition coefficient (Wildman–Crippen LogP) is 2.01. The standard InChI is InChI=1S/C15H22N2O3/c1-2-12(16)11-14(18)17(10-6-9-15(19)20)13-7-4-3-5-8-13/h3-5,7-8,12H,2,6,9-11,16H2,1H3,(H,19,20). The topological polar surface area (TPSA) is 83.6 Å². The van der Waals surface area contributed by atoms with Gasteiger partial charge in [-0.2, -0.15) is 0 Å². The van der Waals surface area contributed by atoms with Crippen molar-refractivity contribution < 1.29 is 14.7 Å². The number of nitrogens with two attached hydrogens (primary N) is 1. The summed E-state index contributed by atoms with van der Waals surface area (Å²) in [5, 5.41) is 8.70. The van der Waals surface area contributed by atoms with Crippen LogP contribution in [0.15, 0.2) is 30.3 Å². The van der Waals surface area contributed by atoms with Gasteiger partial charge in [0, 0.05) is 31.1 Å². The monoisotopic (exact) mass is 278 g/mol. The van der Waals surface area contributed by atoms with E-state index in [-0.39, 0.29) is 24.8 Å². The summed E-state index contributed by atoms with van der Waals surface area (Å²) in [6, 6.07) is 9.11. The first-order valence-corrected chi connectivity index (χ1v) is 6.87. The summed E-state index contributed by atoms with van der Waals surface area (Å²) in [5.74, 6) is -0.911. The predicted molar refractivity (Wildman–Crippen MR) is 78.5 cm³/mol. The second-order valence-electron chi connectivity index (χ2n) is 4.75. The van der Waals surface area contributed by atoms with Gasteiger partial charge >= 0.3 is 5.97 Å². The average molecular weight is 278 g/mol. The van der Waals surface area contributed by atoms with E-state index in [2.05, 4.69) is 0 Å². The van der Waals surface area contributed by atoms with Crippen molar-refractivity contribution in [1.82, 2.24) is 0 Å². The van der Waals surface area contributed by atoms with Crippen molar-refractivity contribution in [2.75, 3.05) is 11.4 Å². The van der Waals surface area contributed by atoms with Crippen molar-refractivity contribution in [2.45, 2.75) is 38.6 Å². The zero-order valence-electron chi connectivity index (χ0n) is 11.8. The molecule has 0 aliphatic carbocycles. The molecule has 1 aromatic rings. The fourth-order valence-corrected chi connectivity index (χ4v) is 1.87. The molecule has 1 rings (SSSR count). The molecule has 0 saturated heterocycles.